The predicted molar refractivity (Wildman–Crippen MR) is 163 cm³/mol. The Labute approximate surface area is 236 Å². The number of benzene rings is 3. The van der Waals surface area contributed by atoms with Crippen LogP contribution in [0.15, 0.2) is 91.0 Å². The highest BCUT2D eigenvalue weighted by molar-refractivity contribution is 6.99. The minimum absolute atomic E-state index is 0.0618. The molecule has 0 saturated carbocycles. The first-order valence-electron chi connectivity index (χ1n) is 14.3. The number of unbranched alkanes of at least 4 members (excludes halogenated alkanes) is 2. The average Bonchev–Trinajstić information content (AvgIpc) is 2.95. The highest BCUT2D eigenvalue weighted by Gasteiger charge is 2.51. The van der Waals surface area contributed by atoms with E-state index in [1.165, 1.54) is 17.5 Å². The molecule has 0 unspecified atom stereocenters. The molecule has 0 aliphatic rings. The van der Waals surface area contributed by atoms with E-state index in [1.54, 1.807) is 0 Å². The van der Waals surface area contributed by atoms with Crippen molar-refractivity contribution in [2.75, 3.05) is 7.11 Å². The van der Waals surface area contributed by atoms with Gasteiger partial charge >= 0.3 is 5.97 Å². The summed E-state index contributed by atoms with van der Waals surface area (Å²) in [5.41, 5.74) is 1.09. The number of ether oxygens (including phenoxy) is 2. The van der Waals surface area contributed by atoms with Gasteiger partial charge in [0.1, 0.15) is 0 Å². The van der Waals surface area contributed by atoms with Gasteiger partial charge in [0, 0.05) is 6.10 Å². The molecule has 39 heavy (non-hydrogen) atoms. The van der Waals surface area contributed by atoms with Crippen molar-refractivity contribution in [3.8, 4) is 0 Å². The van der Waals surface area contributed by atoms with Crippen LogP contribution >= 0.6 is 0 Å². The van der Waals surface area contributed by atoms with Gasteiger partial charge in [-0.1, -0.05) is 138 Å². The molecule has 0 N–H and O–H groups in total. The molecule has 0 fully saturated rings. The zero-order chi connectivity index (χ0) is 28.1. The zero-order valence-electron chi connectivity index (χ0n) is 24.4. The standard InChI is InChI=1S/C34H46O4Si/c1-6-7-11-20-29(25-30(26-33(35)36-5)37-27-28-18-12-8-13-19-28)38-39(34(2,3)4,31-21-14-9-15-22-31)32-23-16-10-17-24-32/h8-10,12-19,21-24,29-30H,6-7,11,20,25-27H2,1-5H3/t29-,30-/m1/s1. The third-order valence-electron chi connectivity index (χ3n) is 7.37. The summed E-state index contributed by atoms with van der Waals surface area (Å²) in [4.78, 5) is 12.4. The van der Waals surface area contributed by atoms with Crippen LogP contribution in [0.5, 0.6) is 0 Å². The topological polar surface area (TPSA) is 44.8 Å². The quantitative estimate of drug-likeness (QED) is 0.116. The summed E-state index contributed by atoms with van der Waals surface area (Å²) in [5.74, 6) is -0.259. The summed E-state index contributed by atoms with van der Waals surface area (Å²) in [6.45, 7) is 9.59. The summed E-state index contributed by atoms with van der Waals surface area (Å²) in [6, 6.07) is 31.6. The molecule has 0 aliphatic carbocycles. The fraction of sp³-hybridized carbons (Fsp3) is 0.441. The molecule has 0 spiro atoms. The highest BCUT2D eigenvalue weighted by atomic mass is 28.4. The van der Waals surface area contributed by atoms with E-state index in [4.69, 9.17) is 13.9 Å². The van der Waals surface area contributed by atoms with Crippen molar-refractivity contribution < 1.29 is 18.7 Å². The van der Waals surface area contributed by atoms with Crippen molar-refractivity contribution in [1.29, 1.82) is 0 Å². The number of hydrogen-bond acceptors (Lipinski definition) is 4. The summed E-state index contributed by atoms with van der Waals surface area (Å²) in [7, 11) is -1.31. The Balaban J connectivity index is 2.00. The van der Waals surface area contributed by atoms with Gasteiger partial charge in [0.25, 0.3) is 8.32 Å². The van der Waals surface area contributed by atoms with Crippen LogP contribution in [0.2, 0.25) is 5.04 Å². The predicted octanol–water partition coefficient (Wildman–Crippen LogP) is 7.05. The van der Waals surface area contributed by atoms with Gasteiger partial charge in [0.2, 0.25) is 0 Å². The second-order valence-electron chi connectivity index (χ2n) is 11.3. The number of hydrogen-bond donors (Lipinski definition) is 0. The van der Waals surface area contributed by atoms with E-state index in [0.717, 1.165) is 31.2 Å². The molecule has 3 aromatic carbocycles. The molecule has 2 atom stereocenters. The number of carbonyl (C=O) groups is 1. The second-order valence-corrected chi connectivity index (χ2v) is 15.6. The fourth-order valence-corrected chi connectivity index (χ4v) is 10.1. The SMILES string of the molecule is CCCCC[C@H](C[C@H](CC(=O)OC)OCc1ccccc1)O[Si](c1ccccc1)(c1ccccc1)C(C)(C)C. The molecule has 4 nitrogen and oxygen atoms in total. The number of carbonyl (C=O) groups excluding carboxylic acids is 1. The molecule has 0 aromatic heterocycles. The monoisotopic (exact) mass is 546 g/mol. The first-order valence-corrected chi connectivity index (χ1v) is 16.2. The molecule has 0 radical (unpaired) electrons. The molecular weight excluding hydrogens is 500 g/mol. The first kappa shape index (κ1) is 30.8. The van der Waals surface area contributed by atoms with Crippen LogP contribution in [-0.2, 0) is 25.3 Å². The van der Waals surface area contributed by atoms with Crippen LogP contribution in [-0.4, -0.2) is 33.6 Å². The number of rotatable bonds is 15. The van der Waals surface area contributed by atoms with E-state index in [-0.39, 0.29) is 29.6 Å². The van der Waals surface area contributed by atoms with Gasteiger partial charge in [-0.2, -0.15) is 0 Å². The Morgan fingerprint density at radius 1 is 0.795 bits per heavy atom. The zero-order valence-corrected chi connectivity index (χ0v) is 25.4. The van der Waals surface area contributed by atoms with E-state index in [1.807, 2.05) is 30.3 Å². The third-order valence-corrected chi connectivity index (χ3v) is 12.5. The fourth-order valence-electron chi connectivity index (χ4n) is 5.35. The molecule has 5 heteroatoms. The van der Waals surface area contributed by atoms with Crippen molar-refractivity contribution >= 4 is 24.7 Å². The Morgan fingerprint density at radius 2 is 1.33 bits per heavy atom. The highest BCUT2D eigenvalue weighted by Crippen LogP contribution is 2.38. The number of methoxy groups -OCH3 is 1. The van der Waals surface area contributed by atoms with Crippen LogP contribution in [0.1, 0.15) is 71.8 Å². The summed E-state index contributed by atoms with van der Waals surface area (Å²) >= 11 is 0. The van der Waals surface area contributed by atoms with Crippen molar-refractivity contribution in [1.82, 2.24) is 0 Å². The average molecular weight is 547 g/mol. The van der Waals surface area contributed by atoms with Crippen molar-refractivity contribution in [2.24, 2.45) is 0 Å². The lowest BCUT2D eigenvalue weighted by molar-refractivity contribution is -0.144. The Hall–Kier alpha value is -2.73. The van der Waals surface area contributed by atoms with Gasteiger partial charge in [-0.15, -0.1) is 0 Å². The normalized spacial score (nSPS) is 13.6. The lowest BCUT2D eigenvalue weighted by Crippen LogP contribution is -2.67. The van der Waals surface area contributed by atoms with Crippen LogP contribution in [0.3, 0.4) is 0 Å². The molecule has 0 amide bonds. The van der Waals surface area contributed by atoms with E-state index in [9.17, 15) is 4.79 Å². The van der Waals surface area contributed by atoms with Crippen LogP contribution in [0, 0.1) is 0 Å². The third kappa shape index (κ3) is 8.63. The molecule has 210 valence electrons. The second kappa shape index (κ2) is 15.2. The van der Waals surface area contributed by atoms with Gasteiger partial charge in [-0.3, -0.25) is 4.79 Å². The maximum atomic E-state index is 12.4. The number of esters is 1. The first-order chi connectivity index (χ1) is 18.8. The Morgan fingerprint density at radius 3 is 1.82 bits per heavy atom. The molecule has 0 bridgehead atoms. The van der Waals surface area contributed by atoms with Crippen molar-refractivity contribution in [3.05, 3.63) is 96.6 Å². The largest absolute Gasteiger partial charge is 0.469 e. The maximum Gasteiger partial charge on any atom is 0.308 e. The van der Waals surface area contributed by atoms with E-state index < -0.39 is 8.32 Å². The van der Waals surface area contributed by atoms with Gasteiger partial charge in [0.05, 0.1) is 26.2 Å². The molecule has 0 saturated heterocycles. The van der Waals surface area contributed by atoms with Crippen LogP contribution < -0.4 is 10.4 Å². The lowest BCUT2D eigenvalue weighted by atomic mass is 10.0. The van der Waals surface area contributed by atoms with Crippen molar-refractivity contribution in [3.63, 3.8) is 0 Å². The van der Waals surface area contributed by atoms with Gasteiger partial charge < -0.3 is 13.9 Å². The molecule has 3 rings (SSSR count). The molecule has 0 aliphatic heterocycles. The molecule has 0 heterocycles. The molecule has 3 aromatic rings. The van der Waals surface area contributed by atoms with Gasteiger partial charge in [0.15, 0.2) is 0 Å². The summed E-state index contributed by atoms with van der Waals surface area (Å²) in [6.07, 6.45) is 4.76. The van der Waals surface area contributed by atoms with E-state index >= 15 is 0 Å². The summed E-state index contributed by atoms with van der Waals surface area (Å²) in [5, 5.41) is 2.40. The molecular formula is C34H46O4Si. The lowest BCUT2D eigenvalue weighted by Gasteiger charge is -2.45. The minimum Gasteiger partial charge on any atom is -0.469 e. The Kier molecular flexibility index (Phi) is 12.0. The summed E-state index contributed by atoms with van der Waals surface area (Å²) < 4.78 is 19.0. The van der Waals surface area contributed by atoms with Gasteiger partial charge in [-0.25, -0.2) is 0 Å². The Bertz CT molecular complexity index is 1060. The maximum absolute atomic E-state index is 12.4. The van der Waals surface area contributed by atoms with E-state index in [2.05, 4.69) is 88.4 Å². The minimum atomic E-state index is -2.75. The smallest absolute Gasteiger partial charge is 0.308 e. The van der Waals surface area contributed by atoms with Crippen molar-refractivity contribution in [2.45, 2.75) is 90.1 Å². The van der Waals surface area contributed by atoms with Crippen LogP contribution in [0.25, 0.3) is 0 Å². The van der Waals surface area contributed by atoms with Gasteiger partial charge in [-0.05, 0) is 33.8 Å². The van der Waals surface area contributed by atoms with Crippen LogP contribution in [0.4, 0.5) is 0 Å². The van der Waals surface area contributed by atoms with E-state index in [0.29, 0.717) is 13.0 Å².